The summed E-state index contributed by atoms with van der Waals surface area (Å²) in [5.74, 6) is 0.557. The van der Waals surface area contributed by atoms with Crippen LogP contribution in [-0.4, -0.2) is 24.7 Å². The van der Waals surface area contributed by atoms with Crippen molar-refractivity contribution in [3.63, 3.8) is 0 Å². The number of hydrogen-bond donors (Lipinski definition) is 2. The fourth-order valence-corrected chi connectivity index (χ4v) is 4.03. The molecule has 0 amide bonds. The fraction of sp³-hybridized carbons (Fsp3) is 0.208. The van der Waals surface area contributed by atoms with Crippen LogP contribution in [0.3, 0.4) is 0 Å². The number of alkyl halides is 3. The predicted octanol–water partition coefficient (Wildman–Crippen LogP) is 6.27. The Morgan fingerprint density at radius 3 is 2.51 bits per heavy atom. The number of thiocarbonyl (C=S) groups is 1. The van der Waals surface area contributed by atoms with E-state index in [1.54, 1.807) is 28.4 Å². The van der Waals surface area contributed by atoms with E-state index in [1.807, 2.05) is 37.4 Å². The zero-order chi connectivity index (χ0) is 25.2. The first-order valence-electron chi connectivity index (χ1n) is 10.6. The van der Waals surface area contributed by atoms with Gasteiger partial charge in [0.1, 0.15) is 0 Å². The third kappa shape index (κ3) is 6.01. The Morgan fingerprint density at radius 2 is 1.77 bits per heavy atom. The van der Waals surface area contributed by atoms with Crippen LogP contribution in [0.15, 0.2) is 60.8 Å². The first kappa shape index (κ1) is 24.7. The van der Waals surface area contributed by atoms with Crippen molar-refractivity contribution < 1.29 is 13.2 Å². The second kappa shape index (κ2) is 10.1. The number of nitrogens with one attached hydrogen (secondary N) is 2. The summed E-state index contributed by atoms with van der Waals surface area (Å²) in [4.78, 5) is 0. The third-order valence-electron chi connectivity index (χ3n) is 5.38. The van der Waals surface area contributed by atoms with E-state index < -0.39 is 11.7 Å². The quantitative estimate of drug-likeness (QED) is 0.294. The Kier molecular flexibility index (Phi) is 7.13. The van der Waals surface area contributed by atoms with Gasteiger partial charge in [-0.25, -0.2) is 0 Å². The molecule has 2 aromatic heterocycles. The molecule has 0 radical (unpaired) electrons. The average molecular weight is 519 g/mol. The maximum atomic E-state index is 13.0. The van der Waals surface area contributed by atoms with Gasteiger partial charge in [-0.2, -0.15) is 23.4 Å². The molecule has 0 aliphatic carbocycles. The molecule has 0 unspecified atom stereocenters. The molecule has 2 N–H and O–H groups in total. The molecule has 6 nitrogen and oxygen atoms in total. The van der Waals surface area contributed by atoms with E-state index >= 15 is 0 Å². The number of hydrogen-bond acceptors (Lipinski definition) is 3. The summed E-state index contributed by atoms with van der Waals surface area (Å²) in [5.41, 5.74) is 2.86. The van der Waals surface area contributed by atoms with E-state index in [-0.39, 0.29) is 6.54 Å². The predicted molar refractivity (Wildman–Crippen MR) is 135 cm³/mol. The highest BCUT2D eigenvalue weighted by Gasteiger charge is 2.30. The number of rotatable bonds is 6. The van der Waals surface area contributed by atoms with Crippen molar-refractivity contribution in [1.82, 2.24) is 19.6 Å². The second-order valence-corrected chi connectivity index (χ2v) is 8.79. The monoisotopic (exact) mass is 518 g/mol. The van der Waals surface area contributed by atoms with Crippen LogP contribution in [0.25, 0.3) is 0 Å². The zero-order valence-electron chi connectivity index (χ0n) is 18.9. The van der Waals surface area contributed by atoms with Crippen molar-refractivity contribution in [2.75, 3.05) is 10.6 Å². The second-order valence-electron chi connectivity index (χ2n) is 7.97. The minimum absolute atomic E-state index is 0.199. The van der Waals surface area contributed by atoms with Gasteiger partial charge in [0.05, 0.1) is 35.7 Å². The van der Waals surface area contributed by atoms with Crippen LogP contribution in [0.1, 0.15) is 28.1 Å². The highest BCUT2D eigenvalue weighted by atomic mass is 35.5. The van der Waals surface area contributed by atoms with Gasteiger partial charge in [0, 0.05) is 17.3 Å². The summed E-state index contributed by atoms with van der Waals surface area (Å²) in [6.07, 6.45) is -2.58. The molecule has 0 bridgehead atoms. The topological polar surface area (TPSA) is 59.7 Å². The van der Waals surface area contributed by atoms with Crippen LogP contribution < -0.4 is 10.6 Å². The molecule has 0 saturated heterocycles. The summed E-state index contributed by atoms with van der Waals surface area (Å²) in [5, 5.41) is 16.1. The summed E-state index contributed by atoms with van der Waals surface area (Å²) in [7, 11) is 0. The number of halogens is 4. The molecule has 0 aliphatic heterocycles. The van der Waals surface area contributed by atoms with Crippen LogP contribution in [0.2, 0.25) is 5.02 Å². The Labute approximate surface area is 210 Å². The van der Waals surface area contributed by atoms with E-state index in [1.165, 1.54) is 6.07 Å². The lowest BCUT2D eigenvalue weighted by molar-refractivity contribution is -0.137. The molecule has 0 fully saturated rings. The number of nitrogens with zero attached hydrogens (tertiary/aromatic N) is 4. The van der Waals surface area contributed by atoms with Gasteiger partial charge in [-0.15, -0.1) is 0 Å². The number of aromatic nitrogens is 4. The lowest BCUT2D eigenvalue weighted by Crippen LogP contribution is -2.20. The van der Waals surface area contributed by atoms with Gasteiger partial charge in [0.2, 0.25) is 0 Å². The first-order chi connectivity index (χ1) is 16.6. The summed E-state index contributed by atoms with van der Waals surface area (Å²) >= 11 is 11.7. The maximum Gasteiger partial charge on any atom is 0.416 e. The first-order valence-corrected chi connectivity index (χ1v) is 11.4. The van der Waals surface area contributed by atoms with Gasteiger partial charge in [-0.05, 0) is 55.4 Å². The Bertz CT molecular complexity index is 1360. The maximum absolute atomic E-state index is 13.0. The number of anilines is 2. The smallest absolute Gasteiger partial charge is 0.329 e. The van der Waals surface area contributed by atoms with Crippen molar-refractivity contribution in [3.8, 4) is 0 Å². The van der Waals surface area contributed by atoms with Crippen molar-refractivity contribution in [2.24, 2.45) is 0 Å². The lowest BCUT2D eigenvalue weighted by atomic mass is 10.1. The molecule has 35 heavy (non-hydrogen) atoms. The molecule has 0 aliphatic rings. The van der Waals surface area contributed by atoms with Crippen LogP contribution in [0.4, 0.5) is 24.7 Å². The van der Waals surface area contributed by atoms with Crippen molar-refractivity contribution in [3.05, 3.63) is 93.9 Å². The van der Waals surface area contributed by atoms with Gasteiger partial charge in [-0.1, -0.05) is 41.9 Å². The van der Waals surface area contributed by atoms with Gasteiger partial charge in [0.15, 0.2) is 10.9 Å². The summed E-state index contributed by atoms with van der Waals surface area (Å²) in [6, 6.07) is 14.6. The average Bonchev–Trinajstić information content (AvgIpc) is 3.34. The molecular weight excluding hydrogens is 497 g/mol. The number of aryl methyl sites for hydroxylation is 1. The van der Waals surface area contributed by atoms with Gasteiger partial charge >= 0.3 is 6.18 Å². The fourth-order valence-electron chi connectivity index (χ4n) is 3.63. The lowest BCUT2D eigenvalue weighted by Gasteiger charge is -2.11. The summed E-state index contributed by atoms with van der Waals surface area (Å²) in [6.45, 7) is 4.35. The van der Waals surface area contributed by atoms with Crippen LogP contribution in [0.5, 0.6) is 0 Å². The Hall–Kier alpha value is -3.37. The Balaban J connectivity index is 1.42. The van der Waals surface area contributed by atoms with E-state index in [2.05, 4.69) is 20.8 Å². The highest BCUT2D eigenvalue weighted by molar-refractivity contribution is 7.80. The molecule has 2 aromatic carbocycles. The normalized spacial score (nSPS) is 11.5. The largest absolute Gasteiger partial charge is 0.416 e. The third-order valence-corrected chi connectivity index (χ3v) is 5.95. The van der Waals surface area contributed by atoms with Gasteiger partial charge in [-0.3, -0.25) is 9.36 Å². The zero-order valence-corrected chi connectivity index (χ0v) is 20.5. The Morgan fingerprint density at radius 1 is 1.00 bits per heavy atom. The number of benzene rings is 2. The molecule has 4 rings (SSSR count). The molecule has 11 heteroatoms. The van der Waals surface area contributed by atoms with E-state index in [0.717, 1.165) is 23.4 Å². The minimum Gasteiger partial charge on any atom is -0.329 e. The van der Waals surface area contributed by atoms with E-state index in [4.69, 9.17) is 23.8 Å². The molecule has 4 aromatic rings. The van der Waals surface area contributed by atoms with E-state index in [9.17, 15) is 13.2 Å². The van der Waals surface area contributed by atoms with Crippen LogP contribution in [-0.2, 0) is 19.3 Å². The van der Waals surface area contributed by atoms with Crippen LogP contribution in [0, 0.1) is 13.8 Å². The standard InChI is InChI=1S/C24H22ClF3N6S/c1-15-22(16(2)34(31-15)13-17-6-5-8-19(12-17)24(26,27)28)30-23(35)29-21-10-11-33(32-21)14-18-7-3-4-9-20(18)25/h3-12H,13-14H2,1-2H3,(H2,29,30,32,35). The van der Waals surface area contributed by atoms with Crippen molar-refractivity contribution in [2.45, 2.75) is 33.1 Å². The highest BCUT2D eigenvalue weighted by Crippen LogP contribution is 2.30. The van der Waals surface area contributed by atoms with E-state index in [0.29, 0.717) is 39.4 Å². The molecule has 0 saturated carbocycles. The molecule has 2 heterocycles. The van der Waals surface area contributed by atoms with Crippen molar-refractivity contribution in [1.29, 1.82) is 0 Å². The molecule has 182 valence electrons. The van der Waals surface area contributed by atoms with Gasteiger partial charge < -0.3 is 10.6 Å². The molecule has 0 atom stereocenters. The van der Waals surface area contributed by atoms with Crippen molar-refractivity contribution >= 4 is 40.4 Å². The van der Waals surface area contributed by atoms with Crippen LogP contribution >= 0.6 is 23.8 Å². The minimum atomic E-state index is -4.39. The molecular formula is C24H22ClF3N6S. The summed E-state index contributed by atoms with van der Waals surface area (Å²) < 4.78 is 42.5. The SMILES string of the molecule is Cc1nn(Cc2cccc(C(F)(F)F)c2)c(C)c1NC(=S)Nc1ccn(Cc2ccccc2Cl)n1. The molecule has 0 spiro atoms. The van der Waals surface area contributed by atoms with Gasteiger partial charge in [0.25, 0.3) is 0 Å².